The van der Waals surface area contributed by atoms with Gasteiger partial charge in [-0.2, -0.15) is 5.26 Å². The first-order chi connectivity index (χ1) is 14.7. The van der Waals surface area contributed by atoms with Crippen LogP contribution in [0.1, 0.15) is 34.6 Å². The summed E-state index contributed by atoms with van der Waals surface area (Å²) >= 11 is 0. The van der Waals surface area contributed by atoms with Crippen molar-refractivity contribution in [1.82, 2.24) is 10.9 Å². The number of rotatable bonds is 6. The molecule has 0 heterocycles. The number of nitrogens with zero attached hydrogens (tertiary/aromatic N) is 1. The Hall–Kier alpha value is -4.52. The Balaban J connectivity index is 1.98. The number of ketones is 1. The third-order valence-electron chi connectivity index (χ3n) is 3.73. The van der Waals surface area contributed by atoms with Crippen molar-refractivity contribution in [2.75, 3.05) is 0 Å². The average molecular weight is 423 g/mol. The van der Waals surface area contributed by atoms with Gasteiger partial charge in [0.2, 0.25) is 0 Å². The molecule has 10 heteroatoms. The number of amides is 2. The maximum Gasteiger partial charge on any atom is 0.308 e. The molecule has 0 aromatic heterocycles. The van der Waals surface area contributed by atoms with Crippen LogP contribution in [0.25, 0.3) is 0 Å². The molecule has 1 unspecified atom stereocenters. The first kappa shape index (κ1) is 22.8. The number of nitrogens with one attached hydrogen (secondary N) is 2. The van der Waals surface area contributed by atoms with Gasteiger partial charge >= 0.3 is 11.9 Å². The number of carbonyl (C=O) groups excluding carboxylic acids is 5. The zero-order valence-electron chi connectivity index (χ0n) is 16.5. The Morgan fingerprint density at radius 2 is 1.23 bits per heavy atom. The van der Waals surface area contributed by atoms with Gasteiger partial charge in [0.1, 0.15) is 11.5 Å². The Labute approximate surface area is 176 Å². The van der Waals surface area contributed by atoms with Crippen LogP contribution in [-0.4, -0.2) is 29.5 Å². The summed E-state index contributed by atoms with van der Waals surface area (Å²) in [6.45, 7) is 2.45. The number of hydrogen-bond acceptors (Lipinski definition) is 8. The van der Waals surface area contributed by atoms with Gasteiger partial charge in [-0.25, -0.2) is 0 Å². The Bertz CT molecular complexity index is 1050. The fourth-order valence-corrected chi connectivity index (χ4v) is 2.36. The van der Waals surface area contributed by atoms with Gasteiger partial charge in [-0.3, -0.25) is 34.8 Å². The van der Waals surface area contributed by atoms with E-state index in [-0.39, 0.29) is 22.6 Å². The molecule has 31 heavy (non-hydrogen) atoms. The lowest BCUT2D eigenvalue weighted by Gasteiger charge is -2.11. The molecule has 0 aliphatic rings. The molecule has 0 saturated carbocycles. The van der Waals surface area contributed by atoms with E-state index < -0.39 is 35.5 Å². The van der Waals surface area contributed by atoms with Gasteiger partial charge in [0.15, 0.2) is 11.7 Å². The van der Waals surface area contributed by atoms with Crippen molar-refractivity contribution in [2.45, 2.75) is 13.8 Å². The number of benzene rings is 2. The van der Waals surface area contributed by atoms with Gasteiger partial charge in [0.05, 0.1) is 6.07 Å². The molecular weight excluding hydrogens is 406 g/mol. The molecule has 0 radical (unpaired) electrons. The first-order valence-electron chi connectivity index (χ1n) is 8.82. The summed E-state index contributed by atoms with van der Waals surface area (Å²) in [5.74, 6) is -4.86. The number of esters is 2. The van der Waals surface area contributed by atoms with Crippen molar-refractivity contribution in [3.05, 3.63) is 59.7 Å². The standard InChI is InChI=1S/C21H17N3O7/c1-12(25)30-16-7-3-14(4-8-16)19(27)18(11-22)21(29)24-23-20(28)15-5-9-17(10-6-15)31-13(2)26/h3-10,18H,1-2H3,(H,23,28)(H,24,29). The third kappa shape index (κ3) is 6.50. The lowest BCUT2D eigenvalue weighted by atomic mass is 9.98. The van der Waals surface area contributed by atoms with Crippen molar-refractivity contribution in [3.8, 4) is 17.6 Å². The van der Waals surface area contributed by atoms with Crippen LogP contribution in [-0.2, 0) is 14.4 Å². The van der Waals surface area contributed by atoms with Crippen LogP contribution in [0.2, 0.25) is 0 Å². The average Bonchev–Trinajstić information content (AvgIpc) is 2.72. The predicted octanol–water partition coefficient (Wildman–Crippen LogP) is 1.32. The monoisotopic (exact) mass is 423 g/mol. The summed E-state index contributed by atoms with van der Waals surface area (Å²) in [6.07, 6.45) is 0. The van der Waals surface area contributed by atoms with Crippen molar-refractivity contribution >= 4 is 29.5 Å². The van der Waals surface area contributed by atoms with Crippen LogP contribution in [0.15, 0.2) is 48.5 Å². The van der Waals surface area contributed by atoms with E-state index in [4.69, 9.17) is 9.47 Å². The van der Waals surface area contributed by atoms with Gasteiger partial charge < -0.3 is 9.47 Å². The molecule has 0 bridgehead atoms. The topological polar surface area (TPSA) is 152 Å². The van der Waals surface area contributed by atoms with Crippen LogP contribution < -0.4 is 20.3 Å². The van der Waals surface area contributed by atoms with E-state index in [1.54, 1.807) is 6.07 Å². The summed E-state index contributed by atoms with van der Waals surface area (Å²) in [7, 11) is 0. The number of hydrogen-bond donors (Lipinski definition) is 2. The fraction of sp³-hybridized carbons (Fsp3) is 0.143. The highest BCUT2D eigenvalue weighted by Gasteiger charge is 2.28. The zero-order valence-corrected chi connectivity index (χ0v) is 16.5. The van der Waals surface area contributed by atoms with Gasteiger partial charge in [0, 0.05) is 25.0 Å². The van der Waals surface area contributed by atoms with Crippen molar-refractivity contribution in [2.24, 2.45) is 5.92 Å². The Morgan fingerprint density at radius 1 is 0.774 bits per heavy atom. The van der Waals surface area contributed by atoms with Crippen molar-refractivity contribution in [1.29, 1.82) is 5.26 Å². The number of carbonyl (C=O) groups is 5. The van der Waals surface area contributed by atoms with Crippen LogP contribution in [0.5, 0.6) is 11.5 Å². The number of ether oxygens (including phenoxy) is 2. The molecule has 0 spiro atoms. The second-order valence-corrected chi connectivity index (χ2v) is 6.11. The van der Waals surface area contributed by atoms with E-state index in [0.717, 1.165) is 0 Å². The van der Waals surface area contributed by atoms with Gasteiger partial charge in [0.25, 0.3) is 11.8 Å². The largest absolute Gasteiger partial charge is 0.427 e. The van der Waals surface area contributed by atoms with E-state index in [1.165, 1.54) is 62.4 Å². The second kappa shape index (κ2) is 10.3. The predicted molar refractivity (Wildman–Crippen MR) is 105 cm³/mol. The quantitative estimate of drug-likeness (QED) is 0.232. The van der Waals surface area contributed by atoms with Gasteiger partial charge in [-0.1, -0.05) is 0 Å². The Kier molecular flexibility index (Phi) is 7.57. The first-order valence-corrected chi connectivity index (χ1v) is 8.82. The molecule has 10 nitrogen and oxygen atoms in total. The molecule has 2 N–H and O–H groups in total. The Morgan fingerprint density at radius 3 is 1.65 bits per heavy atom. The molecular formula is C21H17N3O7. The molecule has 0 aliphatic heterocycles. The molecule has 2 aromatic carbocycles. The minimum Gasteiger partial charge on any atom is -0.427 e. The number of hydrazine groups is 1. The van der Waals surface area contributed by atoms with E-state index >= 15 is 0 Å². The maximum atomic E-state index is 12.4. The van der Waals surface area contributed by atoms with Crippen molar-refractivity contribution in [3.63, 3.8) is 0 Å². The van der Waals surface area contributed by atoms with E-state index in [9.17, 15) is 29.2 Å². The number of nitriles is 1. The summed E-state index contributed by atoms with van der Waals surface area (Å²) in [4.78, 5) is 58.6. The molecule has 2 rings (SSSR count). The van der Waals surface area contributed by atoms with Crippen LogP contribution >= 0.6 is 0 Å². The second-order valence-electron chi connectivity index (χ2n) is 6.11. The van der Waals surface area contributed by atoms with E-state index in [0.29, 0.717) is 0 Å². The minimum atomic E-state index is -1.72. The lowest BCUT2D eigenvalue weighted by Crippen LogP contribution is -2.46. The highest BCUT2D eigenvalue weighted by molar-refractivity contribution is 6.12. The smallest absolute Gasteiger partial charge is 0.308 e. The highest BCUT2D eigenvalue weighted by Crippen LogP contribution is 2.16. The van der Waals surface area contributed by atoms with Crippen molar-refractivity contribution < 1.29 is 33.4 Å². The zero-order chi connectivity index (χ0) is 23.0. The molecule has 0 saturated heterocycles. The molecule has 2 amide bonds. The van der Waals surface area contributed by atoms with Crippen LogP contribution in [0.4, 0.5) is 0 Å². The SMILES string of the molecule is CC(=O)Oc1ccc(C(=O)NNC(=O)C(C#N)C(=O)c2ccc(OC(C)=O)cc2)cc1. The summed E-state index contributed by atoms with van der Waals surface area (Å²) in [5.41, 5.74) is 4.32. The normalized spacial score (nSPS) is 10.7. The maximum absolute atomic E-state index is 12.4. The lowest BCUT2D eigenvalue weighted by molar-refractivity contribution is -0.132. The number of Topliss-reactive ketones (excluding diaryl/α,β-unsaturated/α-hetero) is 1. The van der Waals surface area contributed by atoms with Crippen LogP contribution in [0.3, 0.4) is 0 Å². The molecule has 0 fully saturated rings. The molecule has 1 atom stereocenters. The summed E-state index contributed by atoms with van der Waals surface area (Å²) in [6, 6.07) is 12.4. The molecule has 158 valence electrons. The van der Waals surface area contributed by atoms with E-state index in [2.05, 4.69) is 5.43 Å². The van der Waals surface area contributed by atoms with Crippen LogP contribution in [0, 0.1) is 17.2 Å². The van der Waals surface area contributed by atoms with Gasteiger partial charge in [-0.05, 0) is 48.5 Å². The van der Waals surface area contributed by atoms with E-state index in [1.807, 2.05) is 5.43 Å². The fourth-order valence-electron chi connectivity index (χ4n) is 2.36. The third-order valence-corrected chi connectivity index (χ3v) is 3.73. The molecule has 2 aromatic rings. The molecule has 0 aliphatic carbocycles. The highest BCUT2D eigenvalue weighted by atomic mass is 16.5. The minimum absolute atomic E-state index is 0.0463. The summed E-state index contributed by atoms with van der Waals surface area (Å²) in [5, 5.41) is 9.23. The summed E-state index contributed by atoms with van der Waals surface area (Å²) < 4.78 is 9.70. The van der Waals surface area contributed by atoms with Gasteiger partial charge in [-0.15, -0.1) is 0 Å².